The minimum Gasteiger partial charge on any atom is -0.477 e. The van der Waals surface area contributed by atoms with Crippen LogP contribution in [0.5, 0.6) is 0 Å². The van der Waals surface area contributed by atoms with Crippen molar-refractivity contribution in [3.63, 3.8) is 0 Å². The van der Waals surface area contributed by atoms with E-state index in [1.165, 1.54) is 0 Å². The lowest BCUT2D eigenvalue weighted by Gasteiger charge is -2.17. The average molecular weight is 360 g/mol. The van der Waals surface area contributed by atoms with Crippen LogP contribution in [-0.2, 0) is 9.31 Å². The molecule has 3 rings (SSSR count). The highest BCUT2D eigenvalue weighted by atomic mass is 16.5. The van der Waals surface area contributed by atoms with Crippen molar-refractivity contribution in [2.24, 2.45) is 0 Å². The number of rotatable bonds is 10. The van der Waals surface area contributed by atoms with E-state index in [0.29, 0.717) is 5.66 Å². The zero-order valence-corrected chi connectivity index (χ0v) is 15.5. The van der Waals surface area contributed by atoms with Crippen LogP contribution < -0.4 is 21.8 Å². The van der Waals surface area contributed by atoms with Gasteiger partial charge in [0.1, 0.15) is 12.5 Å². The molecule has 5 nitrogen and oxygen atoms in total. The van der Waals surface area contributed by atoms with Gasteiger partial charge in [0.2, 0.25) is 0 Å². The fourth-order valence-corrected chi connectivity index (χ4v) is 2.47. The molecule has 1 heterocycles. The molecule has 0 fully saturated rings. The second-order valence-corrected chi connectivity index (χ2v) is 6.05. The minimum absolute atomic E-state index is 0.185. The van der Waals surface area contributed by atoms with Gasteiger partial charge in [0, 0.05) is 11.4 Å². The maximum Gasteiger partial charge on any atom is 0.376 e. The Morgan fingerprint density at radius 3 is 1.81 bits per heavy atom. The first-order valence-electron chi connectivity index (χ1n) is 8.89. The molecule has 2 aromatic carbocycles. The van der Waals surface area contributed by atoms with Crippen LogP contribution in [0.25, 0.3) is 0 Å². The summed E-state index contributed by atoms with van der Waals surface area (Å²) in [6.45, 7) is 3.87. The summed E-state index contributed by atoms with van der Waals surface area (Å²) in [5.74, 6) is 0. The number of hydrogen-bond donors (Lipinski definition) is 2. The number of furan rings is 1. The average Bonchev–Trinajstić information content (AvgIpc) is 3.14. The molecule has 2 radical (unpaired) electrons. The van der Waals surface area contributed by atoms with Gasteiger partial charge in [-0.15, -0.1) is 0 Å². The minimum atomic E-state index is -0.204. The van der Waals surface area contributed by atoms with Crippen LogP contribution in [0.15, 0.2) is 77.4 Å². The Morgan fingerprint density at radius 2 is 1.26 bits per heavy atom. The molecule has 0 amide bonds. The fourth-order valence-electron chi connectivity index (χ4n) is 2.47. The molecule has 1 aromatic heterocycles. The normalized spacial score (nSPS) is 12.8. The second-order valence-electron chi connectivity index (χ2n) is 6.05. The molecule has 0 saturated heterocycles. The van der Waals surface area contributed by atoms with Gasteiger partial charge in [-0.2, -0.15) is 0 Å². The largest absolute Gasteiger partial charge is 0.477 e. The Labute approximate surface area is 161 Å². The maximum atomic E-state index is 5.75. The van der Waals surface area contributed by atoms with E-state index in [1.807, 2.05) is 80.6 Å². The van der Waals surface area contributed by atoms with E-state index in [0.717, 1.165) is 16.8 Å². The van der Waals surface area contributed by atoms with Crippen molar-refractivity contribution < 1.29 is 13.7 Å². The Kier molecular flexibility index (Phi) is 7.02. The van der Waals surface area contributed by atoms with E-state index < -0.39 is 0 Å². The summed E-state index contributed by atoms with van der Waals surface area (Å²) in [5.41, 5.74) is 3.41. The van der Waals surface area contributed by atoms with Crippen molar-refractivity contribution >= 4 is 37.5 Å². The van der Waals surface area contributed by atoms with Gasteiger partial charge in [-0.3, -0.25) is 0 Å². The zero-order valence-electron chi connectivity index (χ0n) is 15.5. The van der Waals surface area contributed by atoms with E-state index in [4.69, 9.17) is 13.7 Å². The molecule has 3 aromatic rings. The molecule has 0 aliphatic heterocycles. The van der Waals surface area contributed by atoms with Crippen LogP contribution >= 0.6 is 0 Å². The smallest absolute Gasteiger partial charge is 0.376 e. The van der Waals surface area contributed by atoms with Crippen molar-refractivity contribution in [1.29, 1.82) is 0 Å². The molecular formula is C20H22B2N2O3. The number of anilines is 2. The molecule has 2 N–H and O–H groups in total. The van der Waals surface area contributed by atoms with Crippen molar-refractivity contribution in [3.8, 4) is 0 Å². The number of nitrogens with one attached hydrogen (secondary N) is 2. The van der Waals surface area contributed by atoms with Gasteiger partial charge >= 0.3 is 15.0 Å². The topological polar surface area (TPSA) is 55.7 Å². The van der Waals surface area contributed by atoms with Crippen molar-refractivity contribution in [3.05, 3.63) is 73.0 Å². The van der Waals surface area contributed by atoms with Crippen LogP contribution in [-0.4, -0.2) is 27.4 Å². The summed E-state index contributed by atoms with van der Waals surface area (Å²) in [4.78, 5) is 0. The standard InChI is InChI=1S/C20H22B2N2O3/c1-15(23-17-9-5-3-6-10-17)26-21-19-13-14-25-20(19)22-27-16(2)24-18-11-7-4-8-12-18/h3-16,23-24H,1-2H3. The van der Waals surface area contributed by atoms with Crippen LogP contribution in [0.1, 0.15) is 13.8 Å². The number of benzene rings is 2. The predicted octanol–water partition coefficient (Wildman–Crippen LogP) is 2.72. The SMILES string of the molecule is CC(Nc1ccccc1)O[B]c1ccoc1[B]OC(C)Nc1ccccc1. The molecular weight excluding hydrogens is 338 g/mol. The number of para-hydroxylation sites is 2. The van der Waals surface area contributed by atoms with E-state index in [2.05, 4.69) is 10.6 Å². The van der Waals surface area contributed by atoms with Crippen molar-refractivity contribution in [2.45, 2.75) is 26.3 Å². The van der Waals surface area contributed by atoms with Crippen LogP contribution in [0.2, 0.25) is 0 Å². The molecule has 2 atom stereocenters. The van der Waals surface area contributed by atoms with E-state index in [9.17, 15) is 0 Å². The molecule has 0 saturated carbocycles. The fraction of sp³-hybridized carbons (Fsp3) is 0.200. The Morgan fingerprint density at radius 1 is 0.741 bits per heavy atom. The molecule has 2 unspecified atom stereocenters. The first-order valence-corrected chi connectivity index (χ1v) is 8.89. The van der Waals surface area contributed by atoms with Gasteiger partial charge in [0.15, 0.2) is 0 Å². The Bertz CT molecular complexity index is 733. The molecule has 27 heavy (non-hydrogen) atoms. The van der Waals surface area contributed by atoms with Crippen molar-refractivity contribution in [2.75, 3.05) is 10.6 Å². The quantitative estimate of drug-likeness (QED) is 0.430. The van der Waals surface area contributed by atoms with Crippen LogP contribution in [0, 0.1) is 0 Å². The summed E-state index contributed by atoms with van der Waals surface area (Å²) in [6.07, 6.45) is 1.22. The van der Waals surface area contributed by atoms with Gasteiger partial charge in [-0.25, -0.2) is 0 Å². The summed E-state index contributed by atoms with van der Waals surface area (Å²) in [6, 6.07) is 21.6. The molecule has 7 heteroatoms. The number of hydrogen-bond acceptors (Lipinski definition) is 5. The molecule has 0 bridgehead atoms. The van der Waals surface area contributed by atoms with Crippen LogP contribution in [0.4, 0.5) is 11.4 Å². The third kappa shape index (κ3) is 6.24. The second kappa shape index (κ2) is 9.90. The Balaban J connectivity index is 1.44. The monoisotopic (exact) mass is 360 g/mol. The highest BCUT2D eigenvalue weighted by molar-refractivity contribution is 6.59. The highest BCUT2D eigenvalue weighted by Crippen LogP contribution is 2.08. The maximum absolute atomic E-state index is 5.75. The summed E-state index contributed by atoms with van der Waals surface area (Å²) in [7, 11) is 3.25. The van der Waals surface area contributed by atoms with Gasteiger partial charge in [0.05, 0.1) is 11.9 Å². The lowest BCUT2D eigenvalue weighted by molar-refractivity contribution is 0.265. The van der Waals surface area contributed by atoms with E-state index >= 15 is 0 Å². The van der Waals surface area contributed by atoms with Gasteiger partial charge < -0.3 is 24.4 Å². The molecule has 0 aliphatic carbocycles. The van der Waals surface area contributed by atoms with Gasteiger partial charge in [-0.1, -0.05) is 36.4 Å². The van der Waals surface area contributed by atoms with Crippen LogP contribution in [0.3, 0.4) is 0 Å². The molecule has 0 aliphatic rings. The van der Waals surface area contributed by atoms with E-state index in [1.54, 1.807) is 21.2 Å². The first-order chi connectivity index (χ1) is 13.2. The summed E-state index contributed by atoms with van der Waals surface area (Å²) < 4.78 is 16.9. The summed E-state index contributed by atoms with van der Waals surface area (Å²) in [5, 5.41) is 6.52. The first kappa shape index (κ1) is 19.1. The van der Waals surface area contributed by atoms with Crippen molar-refractivity contribution in [1.82, 2.24) is 0 Å². The zero-order chi connectivity index (χ0) is 18.9. The molecule has 136 valence electrons. The van der Waals surface area contributed by atoms with Gasteiger partial charge in [-0.05, 0) is 49.6 Å². The predicted molar refractivity (Wildman–Crippen MR) is 111 cm³/mol. The highest BCUT2D eigenvalue weighted by Gasteiger charge is 2.15. The van der Waals surface area contributed by atoms with E-state index in [-0.39, 0.29) is 12.5 Å². The van der Waals surface area contributed by atoms with Gasteiger partial charge in [0.25, 0.3) is 0 Å². The summed E-state index contributed by atoms with van der Waals surface area (Å²) >= 11 is 0. The molecule has 0 spiro atoms. The Hall–Kier alpha value is -2.63. The third-order valence-electron chi connectivity index (χ3n) is 3.79. The lowest BCUT2D eigenvalue weighted by Crippen LogP contribution is -2.39. The lowest BCUT2D eigenvalue weighted by atomic mass is 9.79. The third-order valence-corrected chi connectivity index (χ3v) is 3.79.